The second kappa shape index (κ2) is 22.5. The van der Waals surface area contributed by atoms with Crippen molar-refractivity contribution in [3.63, 3.8) is 0 Å². The van der Waals surface area contributed by atoms with Gasteiger partial charge in [-0.15, -0.1) is 0 Å². The Hall–Kier alpha value is -11.2. The third-order valence-electron chi connectivity index (χ3n) is 21.6. The molecule has 2 saturated carbocycles. The second-order valence-electron chi connectivity index (χ2n) is 26.6. The predicted octanol–water partition coefficient (Wildman–Crippen LogP) is 25.7. The van der Waals surface area contributed by atoms with E-state index in [4.69, 9.17) is 8.83 Å². The van der Waals surface area contributed by atoms with Gasteiger partial charge in [-0.05, 0) is 152 Å². The van der Waals surface area contributed by atoms with Crippen LogP contribution in [0.1, 0.15) is 96.6 Å². The molecule has 3 aliphatic rings. The predicted molar refractivity (Wildman–Crippen MR) is 396 cm³/mol. The van der Waals surface area contributed by atoms with Crippen LogP contribution < -0.4 is 9.80 Å². The maximum Gasteiger partial charge on any atom is 0.159 e. The molecule has 0 saturated heterocycles. The van der Waals surface area contributed by atoms with Crippen molar-refractivity contribution in [3.8, 4) is 33.4 Å². The van der Waals surface area contributed by atoms with Gasteiger partial charge in [-0.3, -0.25) is 0 Å². The van der Waals surface area contributed by atoms with Gasteiger partial charge in [-0.25, -0.2) is 0 Å². The molecule has 0 radical (unpaired) electrons. The molecule has 454 valence electrons. The zero-order valence-electron chi connectivity index (χ0n) is 52.9. The Labute approximate surface area is 553 Å². The van der Waals surface area contributed by atoms with E-state index in [1.807, 2.05) is 0 Å². The Morgan fingerprint density at radius 3 is 0.989 bits per heavy atom. The monoisotopic (exact) mass is 1220 g/mol. The summed E-state index contributed by atoms with van der Waals surface area (Å²) in [6.45, 7) is 0. The van der Waals surface area contributed by atoms with E-state index in [0.29, 0.717) is 11.8 Å². The summed E-state index contributed by atoms with van der Waals surface area (Å²) in [5.41, 5.74) is 23.4. The number of hydrogen-bond donors (Lipinski definition) is 0. The van der Waals surface area contributed by atoms with Crippen molar-refractivity contribution < 1.29 is 8.83 Å². The molecule has 0 N–H and O–H groups in total. The summed E-state index contributed by atoms with van der Waals surface area (Å²) in [6.07, 6.45) is 10.0. The number of hydrogen-bond acceptors (Lipinski definition) is 4. The number of benzene rings is 14. The Balaban J connectivity index is 0.911. The summed E-state index contributed by atoms with van der Waals surface area (Å²) in [4.78, 5) is 5.05. The molecule has 0 atom stereocenters. The minimum atomic E-state index is -0.855. The van der Waals surface area contributed by atoms with Crippen molar-refractivity contribution in [2.24, 2.45) is 0 Å². The summed E-state index contributed by atoms with van der Waals surface area (Å²) in [5.74, 6) is 1.13. The lowest BCUT2D eigenvalue weighted by Gasteiger charge is -2.36. The first-order valence-corrected chi connectivity index (χ1v) is 34.2. The molecular weight excluding hydrogens is 1150 g/mol. The minimum Gasteiger partial charge on any atom is -0.453 e. The SMILES string of the molecule is c1ccc(-c2cccc3c2oc2c(N(c4ccc(C5CCCC5)cc4)c4cc5c(c6ccccc46)-c4c(cc(N(c6ccc(C7CCCC7)cc6)c6cccc7c6oc6c(-c8ccccc8)cccc67)c6ccccc46)C5(c4ccccc4)c4ccccc4)cccc23)cc1. The average molecular weight is 1220 g/mol. The van der Waals surface area contributed by atoms with Crippen LogP contribution in [0.5, 0.6) is 0 Å². The van der Waals surface area contributed by atoms with E-state index < -0.39 is 5.41 Å². The van der Waals surface area contributed by atoms with Crippen molar-refractivity contribution >= 4 is 99.5 Å². The minimum absolute atomic E-state index is 0.565. The van der Waals surface area contributed by atoms with E-state index in [9.17, 15) is 0 Å². The van der Waals surface area contributed by atoms with Crippen LogP contribution in [0.15, 0.2) is 312 Å². The summed E-state index contributed by atoms with van der Waals surface area (Å²) in [5, 5.41) is 9.01. The molecule has 2 heterocycles. The lowest BCUT2D eigenvalue weighted by Crippen LogP contribution is -2.29. The summed E-state index contributed by atoms with van der Waals surface area (Å²) < 4.78 is 14.9. The molecule has 16 aromatic rings. The topological polar surface area (TPSA) is 32.8 Å². The smallest absolute Gasteiger partial charge is 0.159 e. The molecule has 0 aliphatic heterocycles. The van der Waals surface area contributed by atoms with Crippen LogP contribution >= 0.6 is 0 Å². The van der Waals surface area contributed by atoms with Crippen molar-refractivity contribution in [1.29, 1.82) is 0 Å². The number of furan rings is 2. The van der Waals surface area contributed by atoms with Gasteiger partial charge in [0.2, 0.25) is 0 Å². The van der Waals surface area contributed by atoms with Crippen molar-refractivity contribution in [1.82, 2.24) is 0 Å². The molecule has 0 amide bonds. The molecular formula is C91H68N2O2. The van der Waals surface area contributed by atoms with E-state index in [1.165, 1.54) is 107 Å². The third-order valence-corrected chi connectivity index (χ3v) is 21.6. The maximum absolute atomic E-state index is 7.44. The van der Waals surface area contributed by atoms with Gasteiger partial charge in [0, 0.05) is 54.8 Å². The van der Waals surface area contributed by atoms with E-state index in [0.717, 1.165) is 111 Å². The lowest BCUT2D eigenvalue weighted by molar-refractivity contribution is 0.670. The zero-order valence-corrected chi connectivity index (χ0v) is 52.9. The molecule has 0 bridgehead atoms. The molecule has 3 aliphatic carbocycles. The molecule has 2 aromatic heterocycles. The quantitative estimate of drug-likeness (QED) is 0.122. The molecule has 14 aromatic carbocycles. The van der Waals surface area contributed by atoms with Crippen molar-refractivity contribution in [2.75, 3.05) is 9.80 Å². The molecule has 0 unspecified atom stereocenters. The van der Waals surface area contributed by atoms with Gasteiger partial charge >= 0.3 is 0 Å². The van der Waals surface area contributed by atoms with Gasteiger partial charge in [0.05, 0.1) is 28.2 Å². The summed E-state index contributed by atoms with van der Waals surface area (Å²) in [7, 11) is 0. The molecule has 4 nitrogen and oxygen atoms in total. The Bertz CT molecular complexity index is 5250. The highest BCUT2D eigenvalue weighted by atomic mass is 16.3. The Morgan fingerprint density at radius 2 is 0.600 bits per heavy atom. The van der Waals surface area contributed by atoms with Crippen molar-refractivity contribution in [3.05, 3.63) is 337 Å². The van der Waals surface area contributed by atoms with Crippen LogP contribution in [0.25, 0.3) is 98.8 Å². The van der Waals surface area contributed by atoms with Gasteiger partial charge in [0.25, 0.3) is 0 Å². The number of rotatable bonds is 12. The summed E-state index contributed by atoms with van der Waals surface area (Å²) in [6, 6.07) is 113. The second-order valence-corrected chi connectivity index (χ2v) is 26.6. The standard InChI is InChI=1S/C91H68N2O2/c1-5-29-63(30-6-1)69-41-21-43-75-77-45-23-47-81(89(77)94-87(69)75)92(67-53-49-61(50-54-67)59-25-13-14-26-59)83-57-79-85(73-39-19-17-37-71(73)83)86-74-40-20-18-38-72(74)84(58-80(86)91(79,65-33-9-3-10-34-65)66-35-11-4-12-36-66)93(68-55-51-62(52-56-68)60-27-15-16-28-60)82-48-24-46-78-76-44-22-42-70(88(76)95-90(78)82)64-31-7-2-8-32-64/h1-12,17-24,29-60H,13-16,25-28H2. The number of fused-ring (bicyclic) bond motifs is 13. The van der Waals surface area contributed by atoms with Crippen LogP contribution in [-0.2, 0) is 5.41 Å². The van der Waals surface area contributed by atoms with Crippen LogP contribution in [0, 0.1) is 0 Å². The van der Waals surface area contributed by atoms with Gasteiger partial charge in [-0.2, -0.15) is 0 Å². The zero-order chi connectivity index (χ0) is 62.6. The fourth-order valence-corrected chi connectivity index (χ4v) is 17.3. The van der Waals surface area contributed by atoms with E-state index in [1.54, 1.807) is 0 Å². The van der Waals surface area contributed by atoms with Crippen LogP contribution in [0.4, 0.5) is 34.1 Å². The first kappa shape index (κ1) is 55.4. The van der Waals surface area contributed by atoms with Gasteiger partial charge in [0.15, 0.2) is 11.2 Å². The average Bonchev–Trinajstić information content (AvgIpc) is 1.57. The molecule has 19 rings (SSSR count). The lowest BCUT2D eigenvalue weighted by atomic mass is 9.67. The maximum atomic E-state index is 7.44. The summed E-state index contributed by atoms with van der Waals surface area (Å²) >= 11 is 0. The van der Waals surface area contributed by atoms with Gasteiger partial charge in [-0.1, -0.05) is 280 Å². The fourth-order valence-electron chi connectivity index (χ4n) is 17.3. The highest BCUT2D eigenvalue weighted by molar-refractivity contribution is 6.21. The number of anilines is 6. The highest BCUT2D eigenvalue weighted by Gasteiger charge is 2.49. The highest BCUT2D eigenvalue weighted by Crippen LogP contribution is 2.63. The molecule has 2 fully saturated rings. The van der Waals surface area contributed by atoms with Gasteiger partial charge in [0.1, 0.15) is 11.2 Å². The molecule has 4 heteroatoms. The van der Waals surface area contributed by atoms with Crippen LogP contribution in [0.3, 0.4) is 0 Å². The van der Waals surface area contributed by atoms with Crippen LogP contribution in [-0.4, -0.2) is 0 Å². The van der Waals surface area contributed by atoms with Gasteiger partial charge < -0.3 is 18.6 Å². The molecule has 95 heavy (non-hydrogen) atoms. The number of nitrogens with zero attached hydrogens (tertiary/aromatic N) is 2. The Kier molecular flexibility index (Phi) is 13.2. The fraction of sp³-hybridized carbons (Fsp3) is 0.121. The van der Waals surface area contributed by atoms with E-state index in [2.05, 4.69) is 313 Å². The van der Waals surface area contributed by atoms with Crippen LogP contribution in [0.2, 0.25) is 0 Å². The largest absolute Gasteiger partial charge is 0.453 e. The number of para-hydroxylation sites is 4. The third kappa shape index (κ3) is 8.73. The first-order valence-electron chi connectivity index (χ1n) is 34.2. The Morgan fingerprint density at radius 1 is 0.274 bits per heavy atom. The van der Waals surface area contributed by atoms with E-state index >= 15 is 0 Å². The normalized spacial score (nSPS) is 14.6. The van der Waals surface area contributed by atoms with E-state index in [-0.39, 0.29) is 0 Å². The first-order chi connectivity index (χ1) is 47.2. The molecule has 0 spiro atoms. The van der Waals surface area contributed by atoms with Crippen molar-refractivity contribution in [2.45, 2.75) is 68.6 Å².